The van der Waals surface area contributed by atoms with Gasteiger partial charge >= 0.3 is 0 Å². The third-order valence-electron chi connectivity index (χ3n) is 5.83. The zero-order valence-corrected chi connectivity index (χ0v) is 18.6. The first-order valence-electron chi connectivity index (χ1n) is 10.9. The summed E-state index contributed by atoms with van der Waals surface area (Å²) in [6.45, 7) is 1.34. The number of pyridine rings is 1. The number of fused-ring (bicyclic) bond motifs is 1. The number of amides is 2. The summed E-state index contributed by atoms with van der Waals surface area (Å²) >= 11 is 0. The van der Waals surface area contributed by atoms with Crippen LogP contribution in [0.2, 0.25) is 0 Å². The van der Waals surface area contributed by atoms with Crippen molar-refractivity contribution in [2.75, 3.05) is 19.0 Å². The van der Waals surface area contributed by atoms with E-state index >= 15 is 0 Å². The van der Waals surface area contributed by atoms with Crippen molar-refractivity contribution >= 4 is 23.4 Å². The Morgan fingerprint density at radius 2 is 1.91 bits per heavy atom. The van der Waals surface area contributed by atoms with Crippen molar-refractivity contribution in [3.05, 3.63) is 71.9 Å². The van der Waals surface area contributed by atoms with E-state index in [9.17, 15) is 14.7 Å². The van der Waals surface area contributed by atoms with Crippen molar-refractivity contribution in [2.45, 2.75) is 19.4 Å². The maximum Gasteiger partial charge on any atom is 0.258 e. The molecule has 0 saturated carbocycles. The molecule has 2 aromatic carbocycles. The fourth-order valence-electron chi connectivity index (χ4n) is 3.99. The summed E-state index contributed by atoms with van der Waals surface area (Å²) in [4.78, 5) is 30.7. The van der Waals surface area contributed by atoms with Crippen molar-refractivity contribution in [3.63, 3.8) is 0 Å². The third kappa shape index (κ3) is 4.27. The number of methoxy groups -OCH3 is 1. The number of carbonyl (C=O) groups excluding carboxylic acids is 2. The van der Waals surface area contributed by atoms with E-state index in [0.29, 0.717) is 29.9 Å². The summed E-state index contributed by atoms with van der Waals surface area (Å²) in [6.07, 6.45) is 3.30. The average Bonchev–Trinajstić information content (AvgIpc) is 3.44. The predicted octanol–water partition coefficient (Wildman–Crippen LogP) is 3.49. The molecule has 2 amide bonds. The summed E-state index contributed by atoms with van der Waals surface area (Å²) < 4.78 is 6.76. The third-order valence-corrected chi connectivity index (χ3v) is 5.83. The first-order valence-corrected chi connectivity index (χ1v) is 10.9. The van der Waals surface area contributed by atoms with Crippen LogP contribution in [0.15, 0.2) is 60.8 Å². The lowest BCUT2D eigenvalue weighted by atomic mass is 10.1. The van der Waals surface area contributed by atoms with Crippen LogP contribution >= 0.6 is 0 Å². The van der Waals surface area contributed by atoms with Crippen LogP contribution in [0.5, 0.6) is 11.5 Å². The van der Waals surface area contributed by atoms with Crippen LogP contribution in [0.25, 0.3) is 16.8 Å². The molecule has 1 fully saturated rings. The Balaban J connectivity index is 1.30. The zero-order valence-electron chi connectivity index (χ0n) is 18.6. The number of rotatable bonds is 6. The van der Waals surface area contributed by atoms with Gasteiger partial charge in [0.2, 0.25) is 11.9 Å². The number of likely N-dealkylation sites (tertiary alicyclic amines) is 1. The first kappa shape index (κ1) is 21.4. The maximum atomic E-state index is 12.7. The molecule has 2 N–H and O–H groups in total. The molecular formula is C25H23N5O4. The molecule has 0 bridgehead atoms. The predicted molar refractivity (Wildman–Crippen MR) is 126 cm³/mol. The molecule has 0 unspecified atom stereocenters. The van der Waals surface area contributed by atoms with Crippen LogP contribution < -0.4 is 10.1 Å². The van der Waals surface area contributed by atoms with Crippen molar-refractivity contribution in [1.82, 2.24) is 19.5 Å². The van der Waals surface area contributed by atoms with Crippen molar-refractivity contribution in [3.8, 4) is 22.6 Å². The van der Waals surface area contributed by atoms with Gasteiger partial charge in [-0.15, -0.1) is 5.10 Å². The Labute approximate surface area is 195 Å². The molecule has 1 saturated heterocycles. The van der Waals surface area contributed by atoms with Gasteiger partial charge in [0.15, 0.2) is 17.1 Å². The van der Waals surface area contributed by atoms with Gasteiger partial charge in [0.1, 0.15) is 0 Å². The van der Waals surface area contributed by atoms with Crippen LogP contribution in [-0.4, -0.2) is 50.1 Å². The van der Waals surface area contributed by atoms with E-state index in [1.807, 2.05) is 23.1 Å². The molecule has 0 aliphatic carbocycles. The number of aromatic hydroxyl groups is 1. The topological polar surface area (TPSA) is 109 Å². The number of phenols is 1. The van der Waals surface area contributed by atoms with E-state index < -0.39 is 0 Å². The van der Waals surface area contributed by atoms with E-state index in [4.69, 9.17) is 4.74 Å². The Morgan fingerprint density at radius 1 is 1.12 bits per heavy atom. The minimum atomic E-state index is -0.316. The van der Waals surface area contributed by atoms with E-state index in [-0.39, 0.29) is 23.5 Å². The SMILES string of the molecule is COc1cc(-c2ccc3nc(NC(=O)c4ccc(CN5CCCC5=O)cc4)nn3c2)ccc1O. The minimum Gasteiger partial charge on any atom is -0.504 e. The Morgan fingerprint density at radius 3 is 2.65 bits per heavy atom. The number of aromatic nitrogens is 3. The van der Waals surface area contributed by atoms with E-state index in [1.165, 1.54) is 7.11 Å². The standard InChI is InChI=1S/C25H23N5O4/c1-34-21-13-18(8-10-20(21)31)19-9-11-22-26-25(28-30(22)15-19)27-24(33)17-6-4-16(5-7-17)14-29-12-2-3-23(29)32/h4-11,13,15,31H,2-3,12,14H2,1H3,(H,27,28,33). The molecule has 0 spiro atoms. The van der Waals surface area contributed by atoms with Crippen molar-refractivity contribution < 1.29 is 19.4 Å². The van der Waals surface area contributed by atoms with E-state index in [0.717, 1.165) is 29.7 Å². The molecule has 4 aromatic rings. The van der Waals surface area contributed by atoms with Crippen LogP contribution in [0.4, 0.5) is 5.95 Å². The van der Waals surface area contributed by atoms with Gasteiger partial charge in [-0.1, -0.05) is 18.2 Å². The number of carbonyl (C=O) groups is 2. The highest BCUT2D eigenvalue weighted by Crippen LogP contribution is 2.31. The maximum absolute atomic E-state index is 12.7. The molecular weight excluding hydrogens is 434 g/mol. The van der Waals surface area contributed by atoms with Crippen LogP contribution in [0, 0.1) is 0 Å². The molecule has 1 aliphatic heterocycles. The summed E-state index contributed by atoms with van der Waals surface area (Å²) in [5, 5.41) is 16.9. The highest BCUT2D eigenvalue weighted by Gasteiger charge is 2.20. The lowest BCUT2D eigenvalue weighted by molar-refractivity contribution is -0.128. The smallest absolute Gasteiger partial charge is 0.258 e. The zero-order chi connectivity index (χ0) is 23.7. The molecule has 2 aromatic heterocycles. The summed E-state index contributed by atoms with van der Waals surface area (Å²) in [6, 6.07) is 15.9. The Bertz CT molecular complexity index is 1380. The molecule has 9 nitrogen and oxygen atoms in total. The Kier molecular flexibility index (Phi) is 5.59. The number of nitrogens with one attached hydrogen (secondary N) is 1. The van der Waals surface area contributed by atoms with Crippen LogP contribution in [0.1, 0.15) is 28.8 Å². The van der Waals surface area contributed by atoms with Gasteiger partial charge < -0.3 is 14.7 Å². The Hall–Kier alpha value is -4.40. The molecule has 3 heterocycles. The summed E-state index contributed by atoms with van der Waals surface area (Å²) in [5.74, 6) is 0.491. The van der Waals surface area contributed by atoms with Gasteiger partial charge in [-0.2, -0.15) is 4.98 Å². The van der Waals surface area contributed by atoms with Gasteiger partial charge in [0.25, 0.3) is 5.91 Å². The quantitative estimate of drug-likeness (QED) is 0.459. The largest absolute Gasteiger partial charge is 0.504 e. The molecule has 0 radical (unpaired) electrons. The number of nitrogens with zero attached hydrogens (tertiary/aromatic N) is 4. The van der Waals surface area contributed by atoms with Crippen LogP contribution in [0.3, 0.4) is 0 Å². The number of benzene rings is 2. The lowest BCUT2D eigenvalue weighted by Gasteiger charge is -2.15. The van der Waals surface area contributed by atoms with Crippen LogP contribution in [-0.2, 0) is 11.3 Å². The van der Waals surface area contributed by atoms with Gasteiger partial charge in [-0.3, -0.25) is 14.9 Å². The summed E-state index contributed by atoms with van der Waals surface area (Å²) in [5.41, 5.74) is 3.73. The number of hydrogen-bond acceptors (Lipinski definition) is 6. The van der Waals surface area contributed by atoms with Gasteiger partial charge in [0.05, 0.1) is 7.11 Å². The highest BCUT2D eigenvalue weighted by molar-refractivity contribution is 6.03. The minimum absolute atomic E-state index is 0.0654. The van der Waals surface area contributed by atoms with E-state index in [2.05, 4.69) is 15.4 Å². The van der Waals surface area contributed by atoms with Crippen molar-refractivity contribution in [1.29, 1.82) is 0 Å². The van der Waals surface area contributed by atoms with E-state index in [1.54, 1.807) is 47.1 Å². The molecule has 9 heteroatoms. The second-order valence-electron chi connectivity index (χ2n) is 8.11. The van der Waals surface area contributed by atoms with Crippen molar-refractivity contribution in [2.24, 2.45) is 0 Å². The van der Waals surface area contributed by atoms with Gasteiger partial charge in [0, 0.05) is 36.8 Å². The second-order valence-corrected chi connectivity index (χ2v) is 8.11. The lowest BCUT2D eigenvalue weighted by Crippen LogP contribution is -2.23. The fraction of sp³-hybridized carbons (Fsp3) is 0.200. The molecule has 1 aliphatic rings. The number of phenolic OH excluding ortho intramolecular Hbond substituents is 1. The van der Waals surface area contributed by atoms with Gasteiger partial charge in [-0.25, -0.2) is 4.52 Å². The fourth-order valence-corrected chi connectivity index (χ4v) is 3.99. The highest BCUT2D eigenvalue weighted by atomic mass is 16.5. The molecule has 5 rings (SSSR count). The second kappa shape index (κ2) is 8.86. The summed E-state index contributed by atoms with van der Waals surface area (Å²) in [7, 11) is 1.50. The average molecular weight is 457 g/mol. The molecule has 172 valence electrons. The molecule has 34 heavy (non-hydrogen) atoms. The number of anilines is 1. The first-order chi connectivity index (χ1) is 16.5. The number of hydrogen-bond donors (Lipinski definition) is 2. The normalized spacial score (nSPS) is 13.4. The van der Waals surface area contributed by atoms with Gasteiger partial charge in [-0.05, 0) is 53.9 Å². The monoisotopic (exact) mass is 457 g/mol. The molecule has 0 atom stereocenters. The number of ether oxygens (including phenoxy) is 1.